The third-order valence-electron chi connectivity index (χ3n) is 3.02. The van der Waals surface area contributed by atoms with Crippen LogP contribution in [0, 0.1) is 17.0 Å². The number of aromatic nitrogens is 4. The third kappa shape index (κ3) is 2.88. The maximum atomic E-state index is 11.7. The summed E-state index contributed by atoms with van der Waals surface area (Å²) in [5, 5.41) is 20.9. The third-order valence-corrected chi connectivity index (χ3v) is 3.02. The van der Waals surface area contributed by atoms with E-state index in [2.05, 4.69) is 20.6 Å². The van der Waals surface area contributed by atoms with Crippen LogP contribution in [0.5, 0.6) is 0 Å². The summed E-state index contributed by atoms with van der Waals surface area (Å²) in [6.45, 7) is 1.78. The summed E-state index contributed by atoms with van der Waals surface area (Å²) < 4.78 is 6.25. The molecule has 110 valence electrons. The monoisotopic (exact) mass is 292 g/mol. The normalized spacial score (nSPS) is 14.1. The first-order valence-corrected chi connectivity index (χ1v) is 6.35. The Morgan fingerprint density at radius 2 is 2.38 bits per heavy atom. The van der Waals surface area contributed by atoms with E-state index in [0.717, 1.165) is 12.8 Å². The first-order valence-electron chi connectivity index (χ1n) is 6.35. The lowest BCUT2D eigenvalue weighted by Gasteiger charge is -1.95. The van der Waals surface area contributed by atoms with Gasteiger partial charge < -0.3 is 20.0 Å². The Morgan fingerprint density at radius 3 is 3.00 bits per heavy atom. The molecular formula is C11H12N6O4. The van der Waals surface area contributed by atoms with E-state index in [1.807, 2.05) is 0 Å². The second kappa shape index (κ2) is 4.96. The topological polar surface area (TPSA) is 129 Å². The summed E-state index contributed by atoms with van der Waals surface area (Å²) in [7, 11) is 0. The highest BCUT2D eigenvalue weighted by Crippen LogP contribution is 2.19. The number of nitro groups is 1. The summed E-state index contributed by atoms with van der Waals surface area (Å²) in [4.78, 5) is 25.7. The minimum absolute atomic E-state index is 0.0971. The van der Waals surface area contributed by atoms with Crippen molar-refractivity contribution >= 4 is 11.7 Å². The standard InChI is InChI=1S/C11H12N6O4/c1-6-4-9(17(19)20)14-16(6)5-8-13-11(21-15-8)10(18)12-7-2-3-7/h4,7H,2-3,5H2,1H3,(H,12,18). The van der Waals surface area contributed by atoms with E-state index in [-0.39, 0.29) is 30.1 Å². The van der Waals surface area contributed by atoms with E-state index in [4.69, 9.17) is 4.52 Å². The van der Waals surface area contributed by atoms with Gasteiger partial charge in [0.05, 0.1) is 16.9 Å². The van der Waals surface area contributed by atoms with Crippen LogP contribution in [0.25, 0.3) is 0 Å². The zero-order chi connectivity index (χ0) is 15.0. The van der Waals surface area contributed by atoms with Gasteiger partial charge in [-0.3, -0.25) is 4.79 Å². The number of rotatable bonds is 5. The molecule has 0 saturated heterocycles. The maximum absolute atomic E-state index is 11.7. The SMILES string of the molecule is Cc1cc([N+](=O)[O-])nn1Cc1noc(C(=O)NC2CC2)n1. The highest BCUT2D eigenvalue weighted by Gasteiger charge is 2.26. The molecule has 0 bridgehead atoms. The molecule has 1 N–H and O–H groups in total. The molecule has 1 aliphatic rings. The molecule has 0 spiro atoms. The molecule has 3 rings (SSSR count). The van der Waals surface area contributed by atoms with Gasteiger partial charge in [0.2, 0.25) is 0 Å². The molecular weight excluding hydrogens is 280 g/mol. The van der Waals surface area contributed by atoms with E-state index in [1.54, 1.807) is 6.92 Å². The van der Waals surface area contributed by atoms with E-state index < -0.39 is 10.8 Å². The Morgan fingerprint density at radius 1 is 1.62 bits per heavy atom. The number of amides is 1. The van der Waals surface area contributed by atoms with E-state index >= 15 is 0 Å². The van der Waals surface area contributed by atoms with Crippen LogP contribution in [-0.2, 0) is 6.54 Å². The van der Waals surface area contributed by atoms with Gasteiger partial charge in [0.1, 0.15) is 6.54 Å². The fourth-order valence-corrected chi connectivity index (χ4v) is 1.76. The van der Waals surface area contributed by atoms with Gasteiger partial charge in [-0.2, -0.15) is 9.67 Å². The van der Waals surface area contributed by atoms with Crippen LogP contribution in [0.15, 0.2) is 10.6 Å². The molecule has 21 heavy (non-hydrogen) atoms. The molecule has 0 aliphatic heterocycles. The molecule has 1 amide bonds. The lowest BCUT2D eigenvalue weighted by Crippen LogP contribution is -2.25. The first-order chi connectivity index (χ1) is 10.0. The van der Waals surface area contributed by atoms with Crippen molar-refractivity contribution in [1.82, 2.24) is 25.2 Å². The van der Waals surface area contributed by atoms with E-state index in [0.29, 0.717) is 5.69 Å². The number of hydrogen-bond donors (Lipinski definition) is 1. The number of aryl methyl sites for hydroxylation is 1. The fraction of sp³-hybridized carbons (Fsp3) is 0.455. The summed E-state index contributed by atoms with van der Waals surface area (Å²) in [5.74, 6) is -0.532. The van der Waals surface area contributed by atoms with Crippen LogP contribution in [0.4, 0.5) is 5.82 Å². The molecule has 0 aromatic carbocycles. The van der Waals surface area contributed by atoms with Crippen LogP contribution in [0.1, 0.15) is 35.0 Å². The molecule has 1 saturated carbocycles. The van der Waals surface area contributed by atoms with Crippen molar-refractivity contribution in [1.29, 1.82) is 0 Å². The summed E-state index contributed by atoms with van der Waals surface area (Å²) >= 11 is 0. The lowest BCUT2D eigenvalue weighted by atomic mass is 10.4. The number of carbonyl (C=O) groups excluding carboxylic acids is 1. The van der Waals surface area contributed by atoms with Gasteiger partial charge in [0.25, 0.3) is 0 Å². The van der Waals surface area contributed by atoms with Crippen LogP contribution in [-0.4, -0.2) is 36.8 Å². The quantitative estimate of drug-likeness (QED) is 0.624. The molecule has 1 fully saturated rings. The van der Waals surface area contributed by atoms with Crippen molar-refractivity contribution < 1.29 is 14.2 Å². The Labute approximate surface area is 118 Å². The van der Waals surface area contributed by atoms with Crippen LogP contribution < -0.4 is 5.32 Å². The molecule has 0 unspecified atom stereocenters. The second-order valence-corrected chi connectivity index (χ2v) is 4.82. The number of nitrogens with zero attached hydrogens (tertiary/aromatic N) is 5. The highest BCUT2D eigenvalue weighted by atomic mass is 16.6. The molecule has 2 aromatic rings. The molecule has 0 radical (unpaired) electrons. The zero-order valence-electron chi connectivity index (χ0n) is 11.1. The number of carbonyl (C=O) groups is 1. The van der Waals surface area contributed by atoms with E-state index in [1.165, 1.54) is 10.7 Å². The summed E-state index contributed by atoms with van der Waals surface area (Å²) in [5.41, 5.74) is 0.593. The molecule has 10 nitrogen and oxygen atoms in total. The Kier molecular flexibility index (Phi) is 3.12. The second-order valence-electron chi connectivity index (χ2n) is 4.82. The van der Waals surface area contributed by atoms with Gasteiger partial charge in [-0.1, -0.05) is 5.16 Å². The van der Waals surface area contributed by atoms with Gasteiger partial charge in [0, 0.05) is 6.04 Å². The smallest absolute Gasteiger partial charge is 0.358 e. The fourth-order valence-electron chi connectivity index (χ4n) is 1.76. The molecule has 1 aliphatic carbocycles. The van der Waals surface area contributed by atoms with Gasteiger partial charge in [-0.25, -0.2) is 0 Å². The predicted molar refractivity (Wildman–Crippen MR) is 67.5 cm³/mol. The van der Waals surface area contributed by atoms with Gasteiger partial charge >= 0.3 is 17.6 Å². The van der Waals surface area contributed by atoms with Crippen LogP contribution in [0.2, 0.25) is 0 Å². The molecule has 2 aromatic heterocycles. The highest BCUT2D eigenvalue weighted by molar-refractivity contribution is 5.89. The van der Waals surface area contributed by atoms with Gasteiger partial charge in [0.15, 0.2) is 5.82 Å². The van der Waals surface area contributed by atoms with Crippen LogP contribution >= 0.6 is 0 Å². The summed E-state index contributed by atoms with van der Waals surface area (Å²) in [6.07, 6.45) is 1.92. The Bertz CT molecular complexity index is 701. The average molecular weight is 292 g/mol. The van der Waals surface area contributed by atoms with Gasteiger partial charge in [-0.15, -0.1) is 0 Å². The number of nitrogens with one attached hydrogen (secondary N) is 1. The van der Waals surface area contributed by atoms with Crippen molar-refractivity contribution in [3.05, 3.63) is 33.6 Å². The number of hydrogen-bond acceptors (Lipinski definition) is 7. The van der Waals surface area contributed by atoms with Crippen LogP contribution in [0.3, 0.4) is 0 Å². The molecule has 0 atom stereocenters. The zero-order valence-corrected chi connectivity index (χ0v) is 11.1. The Balaban J connectivity index is 1.71. The van der Waals surface area contributed by atoms with Crippen molar-refractivity contribution in [2.24, 2.45) is 0 Å². The molecule has 2 heterocycles. The minimum Gasteiger partial charge on any atom is -0.358 e. The van der Waals surface area contributed by atoms with Gasteiger partial charge in [-0.05, 0) is 24.7 Å². The predicted octanol–water partition coefficient (Wildman–Crippen LogP) is 0.423. The van der Waals surface area contributed by atoms with Crippen molar-refractivity contribution in [2.75, 3.05) is 0 Å². The lowest BCUT2D eigenvalue weighted by molar-refractivity contribution is -0.389. The first kappa shape index (κ1) is 13.2. The summed E-state index contributed by atoms with van der Waals surface area (Å²) in [6, 6.07) is 1.55. The average Bonchev–Trinajstić information content (AvgIpc) is 2.98. The molecule has 10 heteroatoms. The largest absolute Gasteiger partial charge is 0.390 e. The minimum atomic E-state index is -0.575. The Hall–Kier alpha value is -2.78. The van der Waals surface area contributed by atoms with Crippen molar-refractivity contribution in [2.45, 2.75) is 32.4 Å². The maximum Gasteiger partial charge on any atom is 0.390 e. The van der Waals surface area contributed by atoms with E-state index in [9.17, 15) is 14.9 Å². The van der Waals surface area contributed by atoms with Crippen molar-refractivity contribution in [3.8, 4) is 0 Å². The van der Waals surface area contributed by atoms with Crippen molar-refractivity contribution in [3.63, 3.8) is 0 Å².